The second kappa shape index (κ2) is 9.64. The van der Waals surface area contributed by atoms with Crippen LogP contribution in [0.5, 0.6) is 5.88 Å². The third kappa shape index (κ3) is 5.09. The molecule has 2 aromatic carbocycles. The summed E-state index contributed by atoms with van der Waals surface area (Å²) in [4.78, 5) is 27.8. The van der Waals surface area contributed by atoms with Gasteiger partial charge >= 0.3 is 12.0 Å². The molecule has 1 heterocycles. The second-order valence-electron chi connectivity index (χ2n) is 8.01. The summed E-state index contributed by atoms with van der Waals surface area (Å²) < 4.78 is 33.5. The Kier molecular flexibility index (Phi) is 6.65. The molecule has 0 saturated heterocycles. The van der Waals surface area contributed by atoms with Crippen LogP contribution in [0.2, 0.25) is 5.02 Å². The summed E-state index contributed by atoms with van der Waals surface area (Å²) in [5.41, 5.74) is 0.234. The van der Waals surface area contributed by atoms with Gasteiger partial charge in [0, 0.05) is 17.8 Å². The number of nitrogens with one attached hydrogen (secondary N) is 2. The van der Waals surface area contributed by atoms with Crippen LogP contribution < -0.4 is 15.4 Å². The Bertz CT molecular complexity index is 1230. The molecule has 1 fully saturated rings. The maximum absolute atomic E-state index is 14.6. The molecule has 0 unspecified atom stereocenters. The van der Waals surface area contributed by atoms with Crippen molar-refractivity contribution in [1.82, 2.24) is 4.98 Å². The summed E-state index contributed by atoms with van der Waals surface area (Å²) in [5, 5.41) is 14.2. The van der Waals surface area contributed by atoms with Crippen molar-refractivity contribution in [2.24, 2.45) is 5.41 Å². The number of carbonyl (C=O) groups is 2. The Hall–Kier alpha value is -3.72. The number of aromatic nitrogens is 1. The van der Waals surface area contributed by atoms with Crippen molar-refractivity contribution in [2.45, 2.75) is 19.3 Å². The zero-order chi connectivity index (χ0) is 24.3. The summed E-state index contributed by atoms with van der Waals surface area (Å²) >= 11 is 5.92. The van der Waals surface area contributed by atoms with E-state index < -0.39 is 29.0 Å². The molecule has 0 spiro atoms. The van der Waals surface area contributed by atoms with E-state index in [0.29, 0.717) is 24.0 Å². The largest absolute Gasteiger partial charge is 0.481 e. The van der Waals surface area contributed by atoms with Crippen molar-refractivity contribution >= 4 is 35.0 Å². The molecule has 176 valence electrons. The number of nitrogens with zero attached hydrogens (tertiary/aromatic N) is 1. The van der Waals surface area contributed by atoms with Crippen molar-refractivity contribution in [3.63, 3.8) is 0 Å². The van der Waals surface area contributed by atoms with Crippen LogP contribution in [-0.4, -0.2) is 28.7 Å². The van der Waals surface area contributed by atoms with E-state index in [0.717, 1.165) is 18.6 Å². The number of hydrogen-bond donors (Lipinski definition) is 3. The molecular formula is C24H20ClF2N3O4. The fraction of sp³-hybridized carbons (Fsp3) is 0.208. The minimum atomic E-state index is -0.868. The van der Waals surface area contributed by atoms with Crippen LogP contribution in [-0.2, 0) is 4.79 Å². The van der Waals surface area contributed by atoms with Crippen LogP contribution in [0.15, 0.2) is 54.7 Å². The Labute approximate surface area is 198 Å². The molecule has 0 bridgehead atoms. The van der Waals surface area contributed by atoms with E-state index in [1.165, 1.54) is 24.4 Å². The van der Waals surface area contributed by atoms with Gasteiger partial charge in [-0.05, 0) is 54.8 Å². The van der Waals surface area contributed by atoms with E-state index in [1.54, 1.807) is 18.2 Å². The first-order valence-corrected chi connectivity index (χ1v) is 10.8. The number of urea groups is 1. The Morgan fingerprint density at radius 3 is 2.38 bits per heavy atom. The highest BCUT2D eigenvalue weighted by Crippen LogP contribution is 2.41. The molecule has 1 aliphatic carbocycles. The molecule has 7 nitrogen and oxygen atoms in total. The van der Waals surface area contributed by atoms with Gasteiger partial charge in [0.1, 0.15) is 23.7 Å². The highest BCUT2D eigenvalue weighted by atomic mass is 35.5. The normalized spacial score (nSPS) is 14.1. The first kappa shape index (κ1) is 23.4. The van der Waals surface area contributed by atoms with E-state index in [-0.39, 0.29) is 28.9 Å². The molecule has 1 aliphatic rings. The fourth-order valence-electron chi connectivity index (χ4n) is 3.54. The number of aliphatic carboxylic acids is 1. The van der Waals surface area contributed by atoms with Crippen molar-refractivity contribution in [3.05, 3.63) is 71.4 Å². The molecule has 34 heavy (non-hydrogen) atoms. The molecule has 4 rings (SSSR count). The average molecular weight is 488 g/mol. The van der Waals surface area contributed by atoms with Gasteiger partial charge in [-0.1, -0.05) is 24.1 Å². The predicted octanol–water partition coefficient (Wildman–Crippen LogP) is 5.96. The van der Waals surface area contributed by atoms with Gasteiger partial charge in [-0.2, -0.15) is 0 Å². The van der Waals surface area contributed by atoms with Gasteiger partial charge < -0.3 is 20.5 Å². The lowest BCUT2D eigenvalue weighted by molar-refractivity contribution is -0.157. The predicted molar refractivity (Wildman–Crippen MR) is 123 cm³/mol. The Morgan fingerprint density at radius 1 is 1.03 bits per heavy atom. The number of carboxylic acids is 1. The molecule has 1 saturated carbocycles. The minimum Gasteiger partial charge on any atom is -0.481 e. The molecule has 0 atom stereocenters. The number of benzene rings is 2. The average Bonchev–Trinajstić information content (AvgIpc) is 2.77. The van der Waals surface area contributed by atoms with Gasteiger partial charge in [0.25, 0.3) is 0 Å². The summed E-state index contributed by atoms with van der Waals surface area (Å²) in [6.07, 6.45) is 3.50. The van der Waals surface area contributed by atoms with Crippen LogP contribution in [0.4, 0.5) is 25.0 Å². The zero-order valence-electron chi connectivity index (χ0n) is 17.8. The van der Waals surface area contributed by atoms with E-state index in [1.807, 2.05) is 0 Å². The molecule has 0 radical (unpaired) electrons. The molecule has 3 N–H and O–H groups in total. The third-order valence-electron chi connectivity index (χ3n) is 5.72. The van der Waals surface area contributed by atoms with Crippen LogP contribution >= 0.6 is 11.6 Å². The second-order valence-corrected chi connectivity index (χ2v) is 8.42. The SMILES string of the molecule is O=C(Nc1ccc(-c2ccc(OCC3(C(=O)O)CCC3)nc2)cc1F)Nc1cc(F)ccc1Cl. The monoisotopic (exact) mass is 487 g/mol. The maximum atomic E-state index is 14.6. The number of rotatable bonds is 7. The highest BCUT2D eigenvalue weighted by Gasteiger charge is 2.45. The third-order valence-corrected chi connectivity index (χ3v) is 6.05. The van der Waals surface area contributed by atoms with Crippen LogP contribution in [0.3, 0.4) is 0 Å². The molecule has 0 aliphatic heterocycles. The Balaban J connectivity index is 1.39. The standard InChI is InChI=1S/C24H20ClF2N3O4/c25-17-5-4-16(26)11-20(17)30-23(33)29-19-6-2-14(10-18(19)27)15-3-7-21(28-12-15)34-13-24(22(31)32)8-1-9-24/h2-7,10-12H,1,8-9,13H2,(H,31,32)(H2,29,30,33). The number of hydrogen-bond acceptors (Lipinski definition) is 4. The molecular weight excluding hydrogens is 468 g/mol. The van der Waals surface area contributed by atoms with Crippen LogP contribution in [0.25, 0.3) is 11.1 Å². The van der Waals surface area contributed by atoms with Gasteiger partial charge in [0.2, 0.25) is 5.88 Å². The number of ether oxygens (including phenoxy) is 1. The van der Waals surface area contributed by atoms with E-state index in [4.69, 9.17) is 16.3 Å². The van der Waals surface area contributed by atoms with Crippen molar-refractivity contribution in [2.75, 3.05) is 17.2 Å². The number of carbonyl (C=O) groups excluding carboxylic acids is 1. The maximum Gasteiger partial charge on any atom is 0.323 e. The topological polar surface area (TPSA) is 101 Å². The lowest BCUT2D eigenvalue weighted by Gasteiger charge is -2.36. The van der Waals surface area contributed by atoms with Crippen molar-refractivity contribution in [1.29, 1.82) is 0 Å². The summed E-state index contributed by atoms with van der Waals surface area (Å²) in [6.45, 7) is 0.0482. The summed E-state index contributed by atoms with van der Waals surface area (Å²) in [5.74, 6) is -1.86. The van der Waals surface area contributed by atoms with Crippen LogP contribution in [0.1, 0.15) is 19.3 Å². The van der Waals surface area contributed by atoms with Crippen LogP contribution in [0, 0.1) is 17.0 Å². The smallest absolute Gasteiger partial charge is 0.323 e. The zero-order valence-corrected chi connectivity index (χ0v) is 18.5. The molecule has 10 heteroatoms. The number of carboxylic acid groups (broad SMARTS) is 1. The van der Waals surface area contributed by atoms with Gasteiger partial charge in [-0.3, -0.25) is 4.79 Å². The van der Waals surface area contributed by atoms with Gasteiger partial charge in [-0.25, -0.2) is 18.6 Å². The lowest BCUT2D eigenvalue weighted by atomic mass is 9.69. The number of anilines is 2. The summed E-state index contributed by atoms with van der Waals surface area (Å²) in [7, 11) is 0. The van der Waals surface area contributed by atoms with Gasteiger partial charge in [-0.15, -0.1) is 0 Å². The quantitative estimate of drug-likeness (QED) is 0.382. The number of halogens is 3. The Morgan fingerprint density at radius 2 is 1.76 bits per heavy atom. The fourth-order valence-corrected chi connectivity index (χ4v) is 3.70. The summed E-state index contributed by atoms with van der Waals surface area (Å²) in [6, 6.07) is 10.2. The van der Waals surface area contributed by atoms with Gasteiger partial charge in [0.15, 0.2) is 0 Å². The molecule has 3 aromatic rings. The van der Waals surface area contributed by atoms with E-state index >= 15 is 0 Å². The first-order chi connectivity index (χ1) is 16.3. The van der Waals surface area contributed by atoms with Crippen molar-refractivity contribution < 1.29 is 28.2 Å². The minimum absolute atomic E-state index is 0.0482. The number of amides is 2. The number of pyridine rings is 1. The van der Waals surface area contributed by atoms with Crippen molar-refractivity contribution in [3.8, 4) is 17.0 Å². The first-order valence-electron chi connectivity index (χ1n) is 10.4. The molecule has 2 amide bonds. The highest BCUT2D eigenvalue weighted by molar-refractivity contribution is 6.33. The van der Waals surface area contributed by atoms with E-state index in [9.17, 15) is 23.5 Å². The lowest BCUT2D eigenvalue weighted by Crippen LogP contribution is -2.43. The molecule has 1 aromatic heterocycles. The van der Waals surface area contributed by atoms with Gasteiger partial charge in [0.05, 0.1) is 16.4 Å². The van der Waals surface area contributed by atoms with E-state index in [2.05, 4.69) is 15.6 Å².